The van der Waals surface area contributed by atoms with Crippen LogP contribution in [0, 0.1) is 5.82 Å². The molecule has 0 aliphatic carbocycles. The molecule has 3 aromatic rings. The molecule has 0 fully saturated rings. The van der Waals surface area contributed by atoms with Crippen molar-refractivity contribution in [3.63, 3.8) is 0 Å². The first-order chi connectivity index (χ1) is 10.7. The molecule has 22 heavy (non-hydrogen) atoms. The van der Waals surface area contributed by atoms with E-state index in [9.17, 15) is 4.39 Å². The van der Waals surface area contributed by atoms with Crippen molar-refractivity contribution in [3.05, 3.63) is 64.9 Å². The summed E-state index contributed by atoms with van der Waals surface area (Å²) in [5.74, 6) is 6.49. The lowest BCUT2D eigenvalue weighted by Gasteiger charge is -2.05. The number of thioether (sulfide) groups is 1. The van der Waals surface area contributed by atoms with Crippen LogP contribution < -0.4 is 5.84 Å². The van der Waals surface area contributed by atoms with Gasteiger partial charge in [-0.1, -0.05) is 53.7 Å². The number of halogens is 2. The van der Waals surface area contributed by atoms with Crippen LogP contribution in [-0.4, -0.2) is 14.9 Å². The van der Waals surface area contributed by atoms with E-state index in [1.165, 1.54) is 22.5 Å². The topological polar surface area (TPSA) is 56.7 Å². The van der Waals surface area contributed by atoms with Gasteiger partial charge in [-0.3, -0.25) is 0 Å². The average molecular weight is 335 g/mol. The minimum atomic E-state index is -0.385. The second kappa shape index (κ2) is 6.37. The zero-order valence-corrected chi connectivity index (χ0v) is 13.0. The fraction of sp³-hybridized carbons (Fsp3) is 0.0667. The molecule has 0 saturated heterocycles. The summed E-state index contributed by atoms with van der Waals surface area (Å²) in [5, 5.41) is 9.18. The first-order valence-electron chi connectivity index (χ1n) is 6.48. The number of benzene rings is 2. The van der Waals surface area contributed by atoms with Crippen molar-refractivity contribution >= 4 is 23.4 Å². The quantitative estimate of drug-likeness (QED) is 0.583. The van der Waals surface area contributed by atoms with Crippen molar-refractivity contribution < 1.29 is 4.39 Å². The van der Waals surface area contributed by atoms with Crippen LogP contribution in [0.4, 0.5) is 4.39 Å². The maximum absolute atomic E-state index is 13.8. The Labute approximate surface area is 136 Å². The predicted molar refractivity (Wildman–Crippen MR) is 86.6 cm³/mol. The highest BCUT2D eigenvalue weighted by Crippen LogP contribution is 2.27. The lowest BCUT2D eigenvalue weighted by Crippen LogP contribution is -2.12. The van der Waals surface area contributed by atoms with Gasteiger partial charge in [0.15, 0.2) is 5.82 Å². The molecule has 4 nitrogen and oxygen atoms in total. The number of nitrogens with two attached hydrogens (primary N) is 1. The van der Waals surface area contributed by atoms with Gasteiger partial charge in [0.25, 0.3) is 0 Å². The van der Waals surface area contributed by atoms with Crippen LogP contribution in [0.1, 0.15) is 5.56 Å². The zero-order valence-electron chi connectivity index (χ0n) is 11.4. The summed E-state index contributed by atoms with van der Waals surface area (Å²) in [4.78, 5) is 0. The Morgan fingerprint density at radius 1 is 1.09 bits per heavy atom. The molecule has 1 heterocycles. The molecule has 7 heteroatoms. The molecular formula is C15H12ClFN4S. The first kappa shape index (κ1) is 14.9. The van der Waals surface area contributed by atoms with E-state index in [0.717, 1.165) is 5.56 Å². The Morgan fingerprint density at radius 2 is 1.82 bits per heavy atom. The van der Waals surface area contributed by atoms with Gasteiger partial charge in [0.05, 0.1) is 5.56 Å². The first-order valence-corrected chi connectivity index (χ1v) is 7.85. The second-order valence-corrected chi connectivity index (χ2v) is 5.89. The fourth-order valence-electron chi connectivity index (χ4n) is 1.96. The van der Waals surface area contributed by atoms with Gasteiger partial charge < -0.3 is 5.84 Å². The summed E-state index contributed by atoms with van der Waals surface area (Å²) in [5.41, 5.74) is 1.30. The van der Waals surface area contributed by atoms with Crippen LogP contribution in [-0.2, 0) is 5.75 Å². The van der Waals surface area contributed by atoms with Crippen molar-refractivity contribution in [2.45, 2.75) is 10.9 Å². The maximum atomic E-state index is 13.8. The Morgan fingerprint density at radius 3 is 2.59 bits per heavy atom. The molecule has 0 aliphatic heterocycles. The largest absolute Gasteiger partial charge is 0.335 e. The van der Waals surface area contributed by atoms with Crippen molar-refractivity contribution in [3.8, 4) is 11.4 Å². The van der Waals surface area contributed by atoms with E-state index in [-0.39, 0.29) is 5.82 Å². The highest BCUT2D eigenvalue weighted by Gasteiger charge is 2.15. The maximum Gasteiger partial charge on any atom is 0.210 e. The molecule has 2 aromatic carbocycles. The summed E-state index contributed by atoms with van der Waals surface area (Å²) >= 11 is 7.51. The second-order valence-electron chi connectivity index (χ2n) is 4.54. The SMILES string of the molecule is Nn1c(SCc2ccccc2Cl)nnc1-c1ccccc1F. The van der Waals surface area contributed by atoms with E-state index in [0.29, 0.717) is 27.3 Å². The van der Waals surface area contributed by atoms with Gasteiger partial charge >= 0.3 is 0 Å². The number of hydrogen-bond acceptors (Lipinski definition) is 4. The van der Waals surface area contributed by atoms with Gasteiger partial charge in [-0.15, -0.1) is 10.2 Å². The molecule has 0 radical (unpaired) electrons. The zero-order chi connectivity index (χ0) is 15.5. The van der Waals surface area contributed by atoms with Gasteiger partial charge in [0.2, 0.25) is 5.16 Å². The van der Waals surface area contributed by atoms with E-state index >= 15 is 0 Å². The smallest absolute Gasteiger partial charge is 0.210 e. The summed E-state index contributed by atoms with van der Waals surface area (Å²) < 4.78 is 15.1. The lowest BCUT2D eigenvalue weighted by molar-refractivity contribution is 0.629. The molecule has 3 rings (SSSR count). The number of nitrogen functional groups attached to an aromatic ring is 1. The summed E-state index contributed by atoms with van der Waals surface area (Å²) in [7, 11) is 0. The van der Waals surface area contributed by atoms with Crippen molar-refractivity contribution in [1.29, 1.82) is 0 Å². The van der Waals surface area contributed by atoms with Crippen molar-refractivity contribution in [2.75, 3.05) is 5.84 Å². The monoisotopic (exact) mass is 334 g/mol. The minimum Gasteiger partial charge on any atom is -0.335 e. The molecule has 0 atom stereocenters. The Hall–Kier alpha value is -2.05. The summed E-state index contributed by atoms with van der Waals surface area (Å²) in [6, 6.07) is 13.9. The number of hydrogen-bond donors (Lipinski definition) is 1. The molecule has 112 valence electrons. The molecule has 0 unspecified atom stereocenters. The standard InChI is InChI=1S/C15H12ClFN4S/c16-12-7-3-1-5-10(12)9-22-15-20-19-14(21(15)18)11-6-2-4-8-13(11)17/h1-8H,9,18H2. The molecule has 0 aliphatic rings. The Balaban J connectivity index is 1.83. The lowest BCUT2D eigenvalue weighted by atomic mass is 10.2. The Bertz CT molecular complexity index is 806. The third kappa shape index (κ3) is 2.93. The van der Waals surface area contributed by atoms with Gasteiger partial charge in [0.1, 0.15) is 5.82 Å². The molecule has 1 aromatic heterocycles. The molecule has 0 spiro atoms. The third-order valence-electron chi connectivity index (χ3n) is 3.09. The normalized spacial score (nSPS) is 10.8. The van der Waals surface area contributed by atoms with Crippen LogP contribution in [0.5, 0.6) is 0 Å². The number of nitrogens with zero attached hydrogens (tertiary/aromatic N) is 3. The van der Waals surface area contributed by atoms with Crippen LogP contribution in [0.15, 0.2) is 53.7 Å². The number of rotatable bonds is 4. The minimum absolute atomic E-state index is 0.291. The van der Waals surface area contributed by atoms with E-state index in [4.69, 9.17) is 17.4 Å². The third-order valence-corrected chi connectivity index (χ3v) is 4.45. The summed E-state index contributed by atoms with van der Waals surface area (Å²) in [6.07, 6.45) is 0. The molecular weight excluding hydrogens is 323 g/mol. The van der Waals surface area contributed by atoms with Crippen LogP contribution in [0.3, 0.4) is 0 Å². The van der Waals surface area contributed by atoms with E-state index in [2.05, 4.69) is 10.2 Å². The number of aromatic nitrogens is 3. The highest BCUT2D eigenvalue weighted by molar-refractivity contribution is 7.98. The van der Waals surface area contributed by atoms with E-state index < -0.39 is 0 Å². The van der Waals surface area contributed by atoms with E-state index in [1.807, 2.05) is 24.3 Å². The van der Waals surface area contributed by atoms with Gasteiger partial charge in [-0.25, -0.2) is 9.07 Å². The average Bonchev–Trinajstić information content (AvgIpc) is 2.88. The molecule has 0 amide bonds. The highest BCUT2D eigenvalue weighted by atomic mass is 35.5. The van der Waals surface area contributed by atoms with Crippen molar-refractivity contribution in [2.24, 2.45) is 0 Å². The molecule has 0 bridgehead atoms. The predicted octanol–water partition coefficient (Wildman–Crippen LogP) is 3.74. The van der Waals surface area contributed by atoms with Crippen LogP contribution >= 0.6 is 23.4 Å². The van der Waals surface area contributed by atoms with Gasteiger partial charge in [0, 0.05) is 10.8 Å². The van der Waals surface area contributed by atoms with Gasteiger partial charge in [-0.05, 0) is 23.8 Å². The Kier molecular flexibility index (Phi) is 4.31. The van der Waals surface area contributed by atoms with E-state index in [1.54, 1.807) is 18.2 Å². The summed E-state index contributed by atoms with van der Waals surface area (Å²) in [6.45, 7) is 0. The molecule has 2 N–H and O–H groups in total. The molecule has 0 saturated carbocycles. The fourth-order valence-corrected chi connectivity index (χ4v) is 3.10. The van der Waals surface area contributed by atoms with Gasteiger partial charge in [-0.2, -0.15) is 0 Å². The van der Waals surface area contributed by atoms with Crippen LogP contribution in [0.2, 0.25) is 5.02 Å². The van der Waals surface area contributed by atoms with Crippen molar-refractivity contribution in [1.82, 2.24) is 14.9 Å². The van der Waals surface area contributed by atoms with Crippen LogP contribution in [0.25, 0.3) is 11.4 Å².